The first kappa shape index (κ1) is 15.2. The molecule has 0 bridgehead atoms. The van der Waals surface area contributed by atoms with Crippen LogP contribution in [-0.4, -0.2) is 30.9 Å². The number of rotatable bonds is 8. The van der Waals surface area contributed by atoms with Gasteiger partial charge in [0.1, 0.15) is 11.3 Å². The van der Waals surface area contributed by atoms with Gasteiger partial charge in [-0.2, -0.15) is 0 Å². The molecule has 2 aromatic rings. The number of hydrogen-bond acceptors (Lipinski definition) is 6. The fourth-order valence-corrected chi connectivity index (χ4v) is 4.10. The highest BCUT2D eigenvalue weighted by Gasteiger charge is 2.15. The Balaban J connectivity index is 1.92. The summed E-state index contributed by atoms with van der Waals surface area (Å²) < 4.78 is 28.9. The standard InChI is InChI=1S/C13H17NO4S2/c15-5-2-1-3-7-20(16,17)10-12-9-19-13(14-12)11-4-6-18-8-11/h4,6,8-9,15H,1-3,5,7,10H2. The number of aliphatic hydroxyl groups is 1. The zero-order valence-electron chi connectivity index (χ0n) is 11.0. The second-order valence-electron chi connectivity index (χ2n) is 4.53. The number of aromatic nitrogens is 1. The van der Waals surface area contributed by atoms with Crippen molar-refractivity contribution in [1.29, 1.82) is 0 Å². The summed E-state index contributed by atoms with van der Waals surface area (Å²) in [5.41, 5.74) is 1.44. The largest absolute Gasteiger partial charge is 0.472 e. The third-order valence-electron chi connectivity index (χ3n) is 2.80. The molecule has 20 heavy (non-hydrogen) atoms. The summed E-state index contributed by atoms with van der Waals surface area (Å²) in [5, 5.41) is 11.2. The number of thiazole rings is 1. The average molecular weight is 315 g/mol. The van der Waals surface area contributed by atoms with Crippen molar-refractivity contribution in [1.82, 2.24) is 4.98 Å². The number of nitrogens with zero attached hydrogens (tertiary/aromatic N) is 1. The molecule has 2 aromatic heterocycles. The first-order chi connectivity index (χ1) is 9.61. The van der Waals surface area contributed by atoms with Crippen molar-refractivity contribution >= 4 is 21.2 Å². The van der Waals surface area contributed by atoms with Crippen LogP contribution >= 0.6 is 11.3 Å². The van der Waals surface area contributed by atoms with Crippen LogP contribution in [0.15, 0.2) is 28.4 Å². The van der Waals surface area contributed by atoms with Gasteiger partial charge in [-0.15, -0.1) is 11.3 Å². The Hall–Kier alpha value is -1.18. The third-order valence-corrected chi connectivity index (χ3v) is 5.39. The molecule has 5 nitrogen and oxygen atoms in total. The summed E-state index contributed by atoms with van der Waals surface area (Å²) in [6.45, 7) is 0.111. The van der Waals surface area contributed by atoms with Gasteiger partial charge in [0, 0.05) is 17.6 Å². The third kappa shape index (κ3) is 4.43. The van der Waals surface area contributed by atoms with Crippen LogP contribution in [0.5, 0.6) is 0 Å². The minimum Gasteiger partial charge on any atom is -0.472 e. The van der Waals surface area contributed by atoms with Crippen LogP contribution in [-0.2, 0) is 15.6 Å². The summed E-state index contributed by atoms with van der Waals surface area (Å²) in [6, 6.07) is 1.80. The molecule has 0 unspecified atom stereocenters. The number of furan rings is 1. The van der Waals surface area contributed by atoms with Gasteiger partial charge in [0.05, 0.1) is 23.5 Å². The zero-order valence-corrected chi connectivity index (χ0v) is 12.6. The Kier molecular flexibility index (Phi) is 5.33. The van der Waals surface area contributed by atoms with Crippen molar-refractivity contribution in [3.8, 4) is 10.6 Å². The summed E-state index contributed by atoms with van der Waals surface area (Å²) >= 11 is 1.41. The summed E-state index contributed by atoms with van der Waals surface area (Å²) in [5.74, 6) is 0.117. The predicted molar refractivity (Wildman–Crippen MR) is 78.2 cm³/mol. The van der Waals surface area contributed by atoms with E-state index in [1.54, 1.807) is 24.0 Å². The van der Waals surface area contributed by atoms with E-state index in [1.165, 1.54) is 11.3 Å². The van der Waals surface area contributed by atoms with Crippen LogP contribution in [0.4, 0.5) is 0 Å². The van der Waals surface area contributed by atoms with Crippen molar-refractivity contribution in [3.05, 3.63) is 29.7 Å². The van der Waals surface area contributed by atoms with Gasteiger partial charge in [0.15, 0.2) is 9.84 Å². The van der Waals surface area contributed by atoms with Crippen LogP contribution < -0.4 is 0 Å². The molecular weight excluding hydrogens is 298 g/mol. The lowest BCUT2D eigenvalue weighted by molar-refractivity contribution is 0.284. The lowest BCUT2D eigenvalue weighted by Gasteiger charge is -2.01. The van der Waals surface area contributed by atoms with Crippen LogP contribution in [0.1, 0.15) is 25.0 Å². The molecule has 0 aromatic carbocycles. The van der Waals surface area contributed by atoms with Gasteiger partial charge < -0.3 is 9.52 Å². The summed E-state index contributed by atoms with van der Waals surface area (Å²) in [6.07, 6.45) is 5.12. The van der Waals surface area contributed by atoms with Gasteiger partial charge >= 0.3 is 0 Å². The molecule has 2 rings (SSSR count). The van der Waals surface area contributed by atoms with Crippen molar-refractivity contribution in [2.45, 2.75) is 25.0 Å². The van der Waals surface area contributed by atoms with Gasteiger partial charge in [-0.1, -0.05) is 6.42 Å². The van der Waals surface area contributed by atoms with Gasteiger partial charge in [-0.05, 0) is 18.9 Å². The van der Waals surface area contributed by atoms with E-state index >= 15 is 0 Å². The fourth-order valence-electron chi connectivity index (χ4n) is 1.80. The van der Waals surface area contributed by atoms with E-state index in [-0.39, 0.29) is 18.1 Å². The van der Waals surface area contributed by atoms with Crippen molar-refractivity contribution in [2.75, 3.05) is 12.4 Å². The highest BCUT2D eigenvalue weighted by molar-refractivity contribution is 7.90. The second kappa shape index (κ2) is 7.01. The maximum absolute atomic E-state index is 11.9. The van der Waals surface area contributed by atoms with Crippen LogP contribution in [0.25, 0.3) is 10.6 Å². The molecule has 0 radical (unpaired) electrons. The van der Waals surface area contributed by atoms with Gasteiger partial charge in [-0.3, -0.25) is 0 Å². The smallest absolute Gasteiger partial charge is 0.156 e. The fraction of sp³-hybridized carbons (Fsp3) is 0.462. The lowest BCUT2D eigenvalue weighted by atomic mass is 10.3. The maximum atomic E-state index is 11.9. The number of sulfone groups is 1. The Morgan fingerprint density at radius 3 is 2.85 bits per heavy atom. The second-order valence-corrected chi connectivity index (χ2v) is 7.57. The number of unbranched alkanes of at least 4 members (excludes halogenated alkanes) is 2. The molecule has 0 saturated carbocycles. The van der Waals surface area contributed by atoms with E-state index in [9.17, 15) is 8.42 Å². The normalized spacial score (nSPS) is 11.8. The number of hydrogen-bond donors (Lipinski definition) is 1. The maximum Gasteiger partial charge on any atom is 0.156 e. The SMILES string of the molecule is O=S(=O)(CCCCCO)Cc1csc(-c2ccoc2)n1. The first-order valence-electron chi connectivity index (χ1n) is 6.39. The summed E-state index contributed by atoms with van der Waals surface area (Å²) in [7, 11) is -3.13. The molecule has 0 amide bonds. The molecule has 0 fully saturated rings. The summed E-state index contributed by atoms with van der Waals surface area (Å²) in [4.78, 5) is 4.32. The molecule has 0 aliphatic heterocycles. The predicted octanol–water partition coefficient (Wildman–Crippen LogP) is 2.48. The molecule has 0 atom stereocenters. The topological polar surface area (TPSA) is 80.4 Å². The minimum atomic E-state index is -3.13. The minimum absolute atomic E-state index is 0.0273. The molecular formula is C13H17NO4S2. The van der Waals surface area contributed by atoms with Gasteiger partial charge in [0.2, 0.25) is 0 Å². The molecule has 0 aliphatic rings. The molecule has 110 valence electrons. The van der Waals surface area contributed by atoms with E-state index in [4.69, 9.17) is 9.52 Å². The van der Waals surface area contributed by atoms with E-state index < -0.39 is 9.84 Å². The average Bonchev–Trinajstić information content (AvgIpc) is 3.04. The quantitative estimate of drug-likeness (QED) is 0.757. The lowest BCUT2D eigenvalue weighted by Crippen LogP contribution is -2.09. The molecule has 0 spiro atoms. The van der Waals surface area contributed by atoms with Gasteiger partial charge in [0.25, 0.3) is 0 Å². The molecule has 7 heteroatoms. The highest BCUT2D eigenvalue weighted by atomic mass is 32.2. The van der Waals surface area contributed by atoms with Gasteiger partial charge in [-0.25, -0.2) is 13.4 Å². The first-order valence-corrected chi connectivity index (χ1v) is 9.09. The molecule has 0 aliphatic carbocycles. The van der Waals surface area contributed by atoms with E-state index in [1.807, 2.05) is 0 Å². The Morgan fingerprint density at radius 2 is 2.15 bits per heavy atom. The molecule has 0 saturated heterocycles. The van der Waals surface area contributed by atoms with Crippen molar-refractivity contribution in [3.63, 3.8) is 0 Å². The van der Waals surface area contributed by atoms with E-state index in [2.05, 4.69) is 4.98 Å². The Bertz CT molecular complexity index is 617. The molecule has 2 heterocycles. The van der Waals surface area contributed by atoms with Crippen molar-refractivity contribution in [2.24, 2.45) is 0 Å². The van der Waals surface area contributed by atoms with Crippen LogP contribution in [0, 0.1) is 0 Å². The van der Waals surface area contributed by atoms with E-state index in [0.717, 1.165) is 17.0 Å². The monoisotopic (exact) mass is 315 g/mol. The Labute approximate surface area is 122 Å². The molecule has 1 N–H and O–H groups in total. The van der Waals surface area contributed by atoms with Crippen LogP contribution in [0.2, 0.25) is 0 Å². The Morgan fingerprint density at radius 1 is 1.30 bits per heavy atom. The van der Waals surface area contributed by atoms with Crippen LogP contribution in [0.3, 0.4) is 0 Å². The van der Waals surface area contributed by atoms with Crippen molar-refractivity contribution < 1.29 is 17.9 Å². The number of aliphatic hydroxyl groups excluding tert-OH is 1. The van der Waals surface area contributed by atoms with E-state index in [0.29, 0.717) is 18.5 Å². The highest BCUT2D eigenvalue weighted by Crippen LogP contribution is 2.24. The zero-order chi connectivity index (χ0) is 14.4.